The average molecular weight is 249 g/mol. The van der Waals surface area contributed by atoms with E-state index in [4.69, 9.17) is 0 Å². The molecule has 2 rings (SSSR count). The molecule has 1 heterocycles. The van der Waals surface area contributed by atoms with Crippen LogP contribution < -0.4 is 5.32 Å². The van der Waals surface area contributed by atoms with Crippen molar-refractivity contribution in [3.05, 3.63) is 27.9 Å². The summed E-state index contributed by atoms with van der Waals surface area (Å²) in [5.74, 6) is 0.423. The standard InChI is InChI=1S/C13H19N3O2/c1-10-8-9-12(16(17)18)13(14-10)15-11-6-4-2-3-5-7-11/h8-9,11H,2-7H2,1H3,(H,14,15). The van der Waals surface area contributed by atoms with Crippen LogP contribution in [-0.2, 0) is 0 Å². The molecule has 0 atom stereocenters. The van der Waals surface area contributed by atoms with Gasteiger partial charge in [0.1, 0.15) is 0 Å². The Bertz CT molecular complexity index is 426. The van der Waals surface area contributed by atoms with Crippen molar-refractivity contribution in [3.8, 4) is 0 Å². The highest BCUT2D eigenvalue weighted by molar-refractivity contribution is 5.56. The van der Waals surface area contributed by atoms with E-state index in [0.29, 0.717) is 11.9 Å². The summed E-state index contributed by atoms with van der Waals surface area (Å²) in [6, 6.07) is 3.53. The molecular formula is C13H19N3O2. The summed E-state index contributed by atoms with van der Waals surface area (Å²) in [6.07, 6.45) is 7.07. The Kier molecular flexibility index (Phi) is 4.12. The molecule has 0 amide bonds. The third kappa shape index (κ3) is 3.18. The number of pyridine rings is 1. The minimum Gasteiger partial charge on any atom is -0.362 e. The van der Waals surface area contributed by atoms with E-state index in [1.165, 1.54) is 31.7 Å². The van der Waals surface area contributed by atoms with Gasteiger partial charge in [-0.05, 0) is 25.8 Å². The maximum atomic E-state index is 11.0. The van der Waals surface area contributed by atoms with E-state index in [0.717, 1.165) is 18.5 Å². The first-order valence-corrected chi connectivity index (χ1v) is 6.55. The van der Waals surface area contributed by atoms with E-state index in [1.807, 2.05) is 6.92 Å². The van der Waals surface area contributed by atoms with Crippen molar-refractivity contribution in [2.24, 2.45) is 0 Å². The van der Waals surface area contributed by atoms with Crippen molar-refractivity contribution >= 4 is 11.5 Å². The highest BCUT2D eigenvalue weighted by Gasteiger charge is 2.19. The predicted molar refractivity (Wildman–Crippen MR) is 70.7 cm³/mol. The Hall–Kier alpha value is -1.65. The van der Waals surface area contributed by atoms with Crippen LogP contribution in [0.2, 0.25) is 0 Å². The quantitative estimate of drug-likeness (QED) is 0.506. The normalized spacial score (nSPS) is 17.2. The van der Waals surface area contributed by atoms with Gasteiger partial charge in [-0.25, -0.2) is 4.98 Å². The number of nitrogens with zero attached hydrogens (tertiary/aromatic N) is 2. The monoisotopic (exact) mass is 249 g/mol. The van der Waals surface area contributed by atoms with Crippen molar-refractivity contribution < 1.29 is 4.92 Å². The van der Waals surface area contributed by atoms with Gasteiger partial charge in [-0.1, -0.05) is 25.7 Å². The molecular weight excluding hydrogens is 230 g/mol. The molecule has 0 bridgehead atoms. The molecule has 0 saturated heterocycles. The van der Waals surface area contributed by atoms with Crippen molar-refractivity contribution in [2.45, 2.75) is 51.5 Å². The number of aryl methyl sites for hydroxylation is 1. The largest absolute Gasteiger partial charge is 0.362 e. The van der Waals surface area contributed by atoms with Crippen LogP contribution in [0.15, 0.2) is 12.1 Å². The number of hydrogen-bond acceptors (Lipinski definition) is 4. The molecule has 1 fully saturated rings. The molecule has 1 saturated carbocycles. The molecule has 1 aromatic rings. The fourth-order valence-electron chi connectivity index (χ4n) is 2.42. The minimum atomic E-state index is -0.370. The van der Waals surface area contributed by atoms with Gasteiger partial charge in [-0.15, -0.1) is 0 Å². The van der Waals surface area contributed by atoms with Crippen LogP contribution in [0, 0.1) is 17.0 Å². The van der Waals surface area contributed by atoms with E-state index >= 15 is 0 Å². The zero-order chi connectivity index (χ0) is 13.0. The summed E-state index contributed by atoms with van der Waals surface area (Å²) in [7, 11) is 0. The van der Waals surface area contributed by atoms with Gasteiger partial charge >= 0.3 is 5.69 Å². The first-order valence-electron chi connectivity index (χ1n) is 6.55. The maximum absolute atomic E-state index is 11.0. The van der Waals surface area contributed by atoms with Gasteiger partial charge in [-0.2, -0.15) is 0 Å². The van der Waals surface area contributed by atoms with Gasteiger partial charge in [0, 0.05) is 17.8 Å². The number of nitro groups is 1. The Labute approximate surface area is 107 Å². The SMILES string of the molecule is Cc1ccc([N+](=O)[O-])c(NC2CCCCCC2)n1. The molecule has 1 aromatic heterocycles. The summed E-state index contributed by atoms with van der Waals surface area (Å²) in [6.45, 7) is 1.85. The first-order chi connectivity index (χ1) is 8.66. The van der Waals surface area contributed by atoms with Gasteiger partial charge in [0.2, 0.25) is 5.82 Å². The third-order valence-corrected chi connectivity index (χ3v) is 3.41. The van der Waals surface area contributed by atoms with E-state index in [2.05, 4.69) is 10.3 Å². The summed E-state index contributed by atoms with van der Waals surface area (Å²) in [5, 5.41) is 14.2. The molecule has 5 heteroatoms. The Morgan fingerprint density at radius 3 is 2.56 bits per heavy atom. The fraction of sp³-hybridized carbons (Fsp3) is 0.615. The van der Waals surface area contributed by atoms with Crippen molar-refractivity contribution in [1.82, 2.24) is 4.98 Å². The topological polar surface area (TPSA) is 68.1 Å². The second kappa shape index (κ2) is 5.80. The lowest BCUT2D eigenvalue weighted by molar-refractivity contribution is -0.384. The zero-order valence-electron chi connectivity index (χ0n) is 10.7. The van der Waals surface area contributed by atoms with E-state index < -0.39 is 0 Å². The van der Waals surface area contributed by atoms with Crippen LogP contribution in [0.3, 0.4) is 0 Å². The summed E-state index contributed by atoms with van der Waals surface area (Å²) >= 11 is 0. The molecule has 0 radical (unpaired) electrons. The molecule has 1 N–H and O–H groups in total. The van der Waals surface area contributed by atoms with E-state index in [-0.39, 0.29) is 10.6 Å². The molecule has 1 aliphatic carbocycles. The summed E-state index contributed by atoms with van der Waals surface area (Å²) < 4.78 is 0. The average Bonchev–Trinajstić information content (AvgIpc) is 2.57. The molecule has 98 valence electrons. The van der Waals surface area contributed by atoms with Crippen molar-refractivity contribution in [2.75, 3.05) is 5.32 Å². The van der Waals surface area contributed by atoms with Gasteiger partial charge in [-0.3, -0.25) is 10.1 Å². The number of anilines is 1. The highest BCUT2D eigenvalue weighted by atomic mass is 16.6. The van der Waals surface area contributed by atoms with Crippen LogP contribution in [0.4, 0.5) is 11.5 Å². The summed E-state index contributed by atoms with van der Waals surface area (Å²) in [5.41, 5.74) is 0.876. The molecule has 0 unspecified atom stereocenters. The smallest absolute Gasteiger partial charge is 0.311 e. The molecule has 0 aromatic carbocycles. The van der Waals surface area contributed by atoms with E-state index in [9.17, 15) is 10.1 Å². The third-order valence-electron chi connectivity index (χ3n) is 3.41. The highest BCUT2D eigenvalue weighted by Crippen LogP contribution is 2.26. The van der Waals surface area contributed by atoms with Gasteiger partial charge in [0.25, 0.3) is 0 Å². The van der Waals surface area contributed by atoms with E-state index in [1.54, 1.807) is 6.07 Å². The molecule has 18 heavy (non-hydrogen) atoms. The molecule has 0 aliphatic heterocycles. The number of aromatic nitrogens is 1. The van der Waals surface area contributed by atoms with Crippen LogP contribution in [-0.4, -0.2) is 15.9 Å². The second-order valence-corrected chi connectivity index (χ2v) is 4.91. The Balaban J connectivity index is 2.15. The van der Waals surface area contributed by atoms with Crippen molar-refractivity contribution in [1.29, 1.82) is 0 Å². The predicted octanol–water partition coefficient (Wildman–Crippen LogP) is 3.43. The minimum absolute atomic E-state index is 0.0739. The lowest BCUT2D eigenvalue weighted by atomic mass is 10.1. The second-order valence-electron chi connectivity index (χ2n) is 4.91. The van der Waals surface area contributed by atoms with Gasteiger partial charge in [0.15, 0.2) is 0 Å². The Morgan fingerprint density at radius 2 is 1.94 bits per heavy atom. The number of hydrogen-bond donors (Lipinski definition) is 1. The Morgan fingerprint density at radius 1 is 1.28 bits per heavy atom. The fourth-order valence-corrected chi connectivity index (χ4v) is 2.42. The molecule has 0 spiro atoms. The summed E-state index contributed by atoms with van der Waals surface area (Å²) in [4.78, 5) is 14.9. The molecule has 5 nitrogen and oxygen atoms in total. The lowest BCUT2D eigenvalue weighted by Crippen LogP contribution is -2.20. The lowest BCUT2D eigenvalue weighted by Gasteiger charge is -2.16. The van der Waals surface area contributed by atoms with Crippen LogP contribution in [0.5, 0.6) is 0 Å². The maximum Gasteiger partial charge on any atom is 0.311 e. The van der Waals surface area contributed by atoms with Crippen molar-refractivity contribution in [3.63, 3.8) is 0 Å². The van der Waals surface area contributed by atoms with Crippen LogP contribution in [0.1, 0.15) is 44.2 Å². The zero-order valence-corrected chi connectivity index (χ0v) is 10.7. The first kappa shape index (κ1) is 12.8. The number of rotatable bonds is 3. The van der Waals surface area contributed by atoms with Gasteiger partial charge < -0.3 is 5.32 Å². The number of nitrogens with one attached hydrogen (secondary N) is 1. The molecule has 1 aliphatic rings. The van der Waals surface area contributed by atoms with Gasteiger partial charge in [0.05, 0.1) is 4.92 Å². The van der Waals surface area contributed by atoms with Crippen LogP contribution >= 0.6 is 0 Å². The van der Waals surface area contributed by atoms with Crippen LogP contribution in [0.25, 0.3) is 0 Å².